The van der Waals surface area contributed by atoms with Crippen molar-refractivity contribution in [2.45, 2.75) is 26.8 Å². The summed E-state index contributed by atoms with van der Waals surface area (Å²) >= 11 is 0. The summed E-state index contributed by atoms with van der Waals surface area (Å²) in [6, 6.07) is 9.27. The van der Waals surface area contributed by atoms with Gasteiger partial charge < -0.3 is 15.2 Å². The predicted molar refractivity (Wildman–Crippen MR) is 104 cm³/mol. The maximum absolute atomic E-state index is 14.4. The lowest BCUT2D eigenvalue weighted by Crippen LogP contribution is -2.35. The van der Waals surface area contributed by atoms with Crippen LogP contribution in [0.2, 0.25) is 0 Å². The summed E-state index contributed by atoms with van der Waals surface area (Å²) in [5, 5.41) is 5.76. The Hall–Kier alpha value is -3.15. The van der Waals surface area contributed by atoms with Gasteiger partial charge in [-0.05, 0) is 38.0 Å². The molecule has 0 aliphatic heterocycles. The third-order valence-corrected chi connectivity index (χ3v) is 4.52. The summed E-state index contributed by atoms with van der Waals surface area (Å²) in [5.74, 6) is 0.154. The molecule has 27 heavy (non-hydrogen) atoms. The smallest absolute Gasteiger partial charge is 0.320 e. The molecule has 3 aromatic rings. The van der Waals surface area contributed by atoms with Gasteiger partial charge in [0.25, 0.3) is 0 Å². The number of urea groups is 1. The Morgan fingerprint density at radius 2 is 1.81 bits per heavy atom. The van der Waals surface area contributed by atoms with Crippen LogP contribution in [0.25, 0.3) is 0 Å². The van der Waals surface area contributed by atoms with Gasteiger partial charge in [-0.3, -0.25) is 0 Å². The summed E-state index contributed by atoms with van der Waals surface area (Å²) in [4.78, 5) is 17.0. The number of nitrogens with zero attached hydrogens (tertiary/aromatic N) is 2. The molecule has 1 aromatic heterocycles. The topological polar surface area (TPSA) is 59.0 Å². The van der Waals surface area contributed by atoms with E-state index in [9.17, 15) is 9.18 Å². The Morgan fingerprint density at radius 1 is 1.15 bits per heavy atom. The van der Waals surface area contributed by atoms with Gasteiger partial charge in [-0.25, -0.2) is 14.2 Å². The van der Waals surface area contributed by atoms with E-state index in [0.717, 1.165) is 22.4 Å². The fraction of sp³-hybridized carbons (Fsp3) is 0.238. The summed E-state index contributed by atoms with van der Waals surface area (Å²) < 4.78 is 16.2. The maximum Gasteiger partial charge on any atom is 0.320 e. The van der Waals surface area contributed by atoms with Gasteiger partial charge in [-0.1, -0.05) is 35.9 Å². The third-order valence-electron chi connectivity index (χ3n) is 4.52. The van der Waals surface area contributed by atoms with Crippen molar-refractivity contribution in [2.24, 2.45) is 7.05 Å². The molecule has 3 rings (SSSR count). The molecule has 0 fully saturated rings. The molecule has 140 valence electrons. The first-order chi connectivity index (χ1) is 12.9. The van der Waals surface area contributed by atoms with Crippen LogP contribution in [0.1, 0.15) is 34.1 Å². The number of aryl methyl sites for hydroxylation is 4. The molecule has 0 bridgehead atoms. The molecule has 0 aliphatic carbocycles. The number of rotatable bonds is 4. The van der Waals surface area contributed by atoms with Gasteiger partial charge in [0.15, 0.2) is 0 Å². The number of benzene rings is 2. The van der Waals surface area contributed by atoms with Crippen molar-refractivity contribution < 1.29 is 9.18 Å². The van der Waals surface area contributed by atoms with Crippen LogP contribution in [-0.2, 0) is 7.05 Å². The van der Waals surface area contributed by atoms with E-state index in [1.54, 1.807) is 35.2 Å². The Morgan fingerprint density at radius 3 is 2.41 bits per heavy atom. The molecule has 1 unspecified atom stereocenters. The number of halogens is 1. The number of anilines is 1. The number of aromatic nitrogens is 2. The van der Waals surface area contributed by atoms with Gasteiger partial charge in [0.05, 0.1) is 0 Å². The highest BCUT2D eigenvalue weighted by molar-refractivity contribution is 5.91. The number of hydrogen-bond acceptors (Lipinski definition) is 2. The van der Waals surface area contributed by atoms with Crippen LogP contribution in [0.15, 0.2) is 48.8 Å². The minimum Gasteiger partial charge on any atom is -0.336 e. The van der Waals surface area contributed by atoms with E-state index >= 15 is 0 Å². The molecule has 0 spiro atoms. The first kappa shape index (κ1) is 18.6. The average Bonchev–Trinajstić information content (AvgIpc) is 3.02. The van der Waals surface area contributed by atoms with E-state index in [4.69, 9.17) is 0 Å². The third kappa shape index (κ3) is 4.00. The van der Waals surface area contributed by atoms with E-state index in [1.165, 1.54) is 6.07 Å². The molecule has 0 aliphatic rings. The van der Waals surface area contributed by atoms with Gasteiger partial charge in [-0.2, -0.15) is 0 Å². The van der Waals surface area contributed by atoms with Crippen molar-refractivity contribution in [3.63, 3.8) is 0 Å². The largest absolute Gasteiger partial charge is 0.336 e. The van der Waals surface area contributed by atoms with Crippen LogP contribution in [0.4, 0.5) is 14.9 Å². The first-order valence-electron chi connectivity index (χ1n) is 8.74. The normalized spacial score (nSPS) is 11.9. The molecule has 2 aromatic carbocycles. The quantitative estimate of drug-likeness (QED) is 0.719. The number of carbonyl (C=O) groups is 1. The van der Waals surface area contributed by atoms with Gasteiger partial charge in [-0.15, -0.1) is 0 Å². The van der Waals surface area contributed by atoms with Gasteiger partial charge in [0.2, 0.25) is 0 Å². The van der Waals surface area contributed by atoms with E-state index in [2.05, 4.69) is 15.6 Å². The maximum atomic E-state index is 14.4. The van der Waals surface area contributed by atoms with Crippen LogP contribution >= 0.6 is 0 Å². The van der Waals surface area contributed by atoms with Crippen molar-refractivity contribution in [3.05, 3.63) is 82.7 Å². The Bertz CT molecular complexity index is 957. The number of carbonyl (C=O) groups excluding carboxylic acids is 1. The minimum atomic E-state index is -0.711. The highest BCUT2D eigenvalue weighted by Crippen LogP contribution is 2.25. The molecule has 6 heteroatoms. The lowest BCUT2D eigenvalue weighted by atomic mass is 10.0. The lowest BCUT2D eigenvalue weighted by molar-refractivity contribution is 0.249. The molecular weight excluding hydrogens is 343 g/mol. The molecule has 1 heterocycles. The molecule has 5 nitrogen and oxygen atoms in total. The standard InChI is InChI=1S/C21H23FN4O/c1-13-11-14(2)18(15(3)12-13)24-21(27)25-19(20-23-9-10-26(20)4)16-7-5-6-8-17(16)22/h5-12,19H,1-4H3,(H2,24,25,27). The molecule has 0 saturated carbocycles. The van der Waals surface area contributed by atoms with Crippen LogP contribution < -0.4 is 10.6 Å². The summed E-state index contributed by atoms with van der Waals surface area (Å²) in [6.07, 6.45) is 3.38. The first-order valence-corrected chi connectivity index (χ1v) is 8.74. The summed E-state index contributed by atoms with van der Waals surface area (Å²) in [7, 11) is 1.81. The fourth-order valence-electron chi connectivity index (χ4n) is 3.30. The van der Waals surface area contributed by atoms with E-state index in [0.29, 0.717) is 11.4 Å². The van der Waals surface area contributed by atoms with E-state index in [1.807, 2.05) is 40.0 Å². The van der Waals surface area contributed by atoms with Gasteiger partial charge in [0, 0.05) is 30.7 Å². The van der Waals surface area contributed by atoms with Crippen LogP contribution in [0.3, 0.4) is 0 Å². The fourth-order valence-corrected chi connectivity index (χ4v) is 3.30. The molecule has 0 radical (unpaired) electrons. The van der Waals surface area contributed by atoms with Crippen molar-refractivity contribution >= 4 is 11.7 Å². The van der Waals surface area contributed by atoms with Crippen molar-refractivity contribution in [1.82, 2.24) is 14.9 Å². The van der Waals surface area contributed by atoms with Crippen molar-refractivity contribution in [3.8, 4) is 0 Å². The van der Waals surface area contributed by atoms with Crippen molar-refractivity contribution in [1.29, 1.82) is 0 Å². The second-order valence-electron chi connectivity index (χ2n) is 6.72. The van der Waals surface area contributed by atoms with Gasteiger partial charge >= 0.3 is 6.03 Å². The summed E-state index contributed by atoms with van der Waals surface area (Å²) in [5.41, 5.74) is 4.20. The zero-order valence-corrected chi connectivity index (χ0v) is 15.9. The Labute approximate surface area is 158 Å². The molecule has 2 amide bonds. The van der Waals surface area contributed by atoms with E-state index < -0.39 is 17.9 Å². The van der Waals surface area contributed by atoms with Crippen molar-refractivity contribution in [2.75, 3.05) is 5.32 Å². The Balaban J connectivity index is 1.90. The highest BCUT2D eigenvalue weighted by atomic mass is 19.1. The van der Waals surface area contributed by atoms with E-state index in [-0.39, 0.29) is 0 Å². The number of nitrogens with one attached hydrogen (secondary N) is 2. The van der Waals surface area contributed by atoms with Gasteiger partial charge in [0.1, 0.15) is 17.7 Å². The van der Waals surface area contributed by atoms with Crippen LogP contribution in [-0.4, -0.2) is 15.6 Å². The number of hydrogen-bond donors (Lipinski definition) is 2. The SMILES string of the molecule is Cc1cc(C)c(NC(=O)NC(c2ccccc2F)c2nccn2C)c(C)c1. The zero-order valence-electron chi connectivity index (χ0n) is 15.9. The number of imidazole rings is 1. The lowest BCUT2D eigenvalue weighted by Gasteiger charge is -2.21. The minimum absolute atomic E-state index is 0.360. The molecule has 2 N–H and O–H groups in total. The molecule has 0 saturated heterocycles. The second-order valence-corrected chi connectivity index (χ2v) is 6.72. The number of amides is 2. The average molecular weight is 366 g/mol. The highest BCUT2D eigenvalue weighted by Gasteiger charge is 2.24. The predicted octanol–water partition coefficient (Wildman–Crippen LogP) is 4.40. The van der Waals surface area contributed by atoms with Crippen LogP contribution in [0, 0.1) is 26.6 Å². The summed E-state index contributed by atoms with van der Waals surface area (Å²) in [6.45, 7) is 5.91. The second kappa shape index (κ2) is 7.61. The zero-order chi connectivity index (χ0) is 19.6. The monoisotopic (exact) mass is 366 g/mol. The molecular formula is C21H23FN4O. The Kier molecular flexibility index (Phi) is 5.26. The van der Waals surface area contributed by atoms with Crippen LogP contribution in [0.5, 0.6) is 0 Å². The molecule has 1 atom stereocenters.